The number of carboxylic acids is 1. The number of aromatic carboxylic acids is 1. The highest BCUT2D eigenvalue weighted by atomic mass is 16.5. The predicted octanol–water partition coefficient (Wildman–Crippen LogP) is 3.75. The van der Waals surface area contributed by atoms with Crippen molar-refractivity contribution < 1.29 is 19.1 Å². The van der Waals surface area contributed by atoms with Crippen LogP contribution in [-0.4, -0.2) is 18.2 Å². The Morgan fingerprint density at radius 3 is 2.42 bits per heavy atom. The number of carboxylic acid groups (broad SMARTS) is 1. The van der Waals surface area contributed by atoms with Crippen molar-refractivity contribution >= 4 is 16.9 Å². The summed E-state index contributed by atoms with van der Waals surface area (Å²) in [5.74, 6) is -0.500. The van der Waals surface area contributed by atoms with Gasteiger partial charge in [0.05, 0.1) is 7.11 Å². The van der Waals surface area contributed by atoms with E-state index in [9.17, 15) is 9.90 Å². The third-order valence-corrected chi connectivity index (χ3v) is 3.06. The maximum atomic E-state index is 11.4. The van der Waals surface area contributed by atoms with E-state index in [0.29, 0.717) is 16.9 Å². The summed E-state index contributed by atoms with van der Waals surface area (Å²) >= 11 is 0. The van der Waals surface area contributed by atoms with Crippen LogP contribution in [0.4, 0.5) is 0 Å². The minimum Gasteiger partial charge on any atom is -0.493 e. The molecule has 4 heteroatoms. The number of ether oxygens (including phenoxy) is 1. The molecule has 1 N–H and O–H groups in total. The van der Waals surface area contributed by atoms with Gasteiger partial charge >= 0.3 is 5.97 Å². The Hall–Kier alpha value is -1.97. The zero-order valence-electron chi connectivity index (χ0n) is 11.8. The highest BCUT2D eigenvalue weighted by Gasteiger charge is 2.30. The summed E-state index contributed by atoms with van der Waals surface area (Å²) in [5.41, 5.74) is 1.89. The second-order valence-electron chi connectivity index (χ2n) is 5.71. The molecule has 19 heavy (non-hydrogen) atoms. The first-order chi connectivity index (χ1) is 8.75. The number of rotatable bonds is 2. The zero-order valence-corrected chi connectivity index (χ0v) is 11.8. The van der Waals surface area contributed by atoms with Crippen molar-refractivity contribution in [2.45, 2.75) is 33.1 Å². The number of hydrogen-bond donors (Lipinski definition) is 1. The molecule has 0 atom stereocenters. The summed E-state index contributed by atoms with van der Waals surface area (Å²) < 4.78 is 10.8. The van der Waals surface area contributed by atoms with E-state index in [1.165, 1.54) is 0 Å². The summed E-state index contributed by atoms with van der Waals surface area (Å²) in [6.07, 6.45) is 0. The summed E-state index contributed by atoms with van der Waals surface area (Å²) in [6, 6.07) is 3.78. The third kappa shape index (κ3) is 2.18. The molecule has 0 radical (unpaired) electrons. The van der Waals surface area contributed by atoms with E-state index in [1.807, 2.05) is 39.8 Å². The van der Waals surface area contributed by atoms with Gasteiger partial charge in [-0.25, -0.2) is 4.79 Å². The molecule has 2 rings (SSSR count). The van der Waals surface area contributed by atoms with Gasteiger partial charge in [0.1, 0.15) is 0 Å². The average molecular weight is 262 g/mol. The van der Waals surface area contributed by atoms with Crippen molar-refractivity contribution in [3.63, 3.8) is 0 Å². The molecule has 0 fully saturated rings. The first-order valence-electron chi connectivity index (χ1n) is 6.10. The number of aryl methyl sites for hydroxylation is 1. The van der Waals surface area contributed by atoms with Crippen LogP contribution < -0.4 is 4.74 Å². The first kappa shape index (κ1) is 13.5. The minimum atomic E-state index is -1.05. The summed E-state index contributed by atoms with van der Waals surface area (Å²) in [7, 11) is 1.55. The Morgan fingerprint density at radius 1 is 1.32 bits per heavy atom. The fourth-order valence-corrected chi connectivity index (χ4v) is 2.35. The Labute approximate surface area is 112 Å². The molecule has 1 aromatic heterocycles. The lowest BCUT2D eigenvalue weighted by atomic mass is 9.84. The smallest absolute Gasteiger partial charge is 0.372 e. The molecular formula is C15H18O4. The molecule has 0 aliphatic heterocycles. The Morgan fingerprint density at radius 2 is 1.95 bits per heavy atom. The second-order valence-corrected chi connectivity index (χ2v) is 5.71. The van der Waals surface area contributed by atoms with Crippen molar-refractivity contribution in [3.05, 3.63) is 29.0 Å². The van der Waals surface area contributed by atoms with Crippen LogP contribution in [0.2, 0.25) is 0 Å². The van der Waals surface area contributed by atoms with Gasteiger partial charge in [-0.2, -0.15) is 0 Å². The standard InChI is InChI=1S/C15H18O4/c1-8-6-9-11(15(2,3)4)13(14(16)17)19-12(9)10(7-8)18-5/h6-7H,1-5H3,(H,16,17). The van der Waals surface area contributed by atoms with E-state index in [0.717, 1.165) is 10.9 Å². The van der Waals surface area contributed by atoms with Crippen molar-refractivity contribution in [1.29, 1.82) is 0 Å². The van der Waals surface area contributed by atoms with Crippen LogP contribution in [-0.2, 0) is 5.41 Å². The minimum absolute atomic E-state index is 0.00796. The van der Waals surface area contributed by atoms with Crippen LogP contribution in [0.15, 0.2) is 16.5 Å². The number of benzene rings is 1. The third-order valence-electron chi connectivity index (χ3n) is 3.06. The van der Waals surface area contributed by atoms with Crippen molar-refractivity contribution in [1.82, 2.24) is 0 Å². The topological polar surface area (TPSA) is 59.7 Å². The molecule has 0 amide bonds. The second kappa shape index (κ2) is 4.30. The highest BCUT2D eigenvalue weighted by molar-refractivity contribution is 5.98. The first-order valence-corrected chi connectivity index (χ1v) is 6.10. The molecule has 0 spiro atoms. The van der Waals surface area contributed by atoms with E-state index in [4.69, 9.17) is 9.15 Å². The maximum absolute atomic E-state index is 11.4. The summed E-state index contributed by atoms with van der Waals surface area (Å²) in [6.45, 7) is 7.86. The Balaban J connectivity index is 2.94. The monoisotopic (exact) mass is 262 g/mol. The van der Waals surface area contributed by atoms with E-state index in [2.05, 4.69) is 0 Å². The van der Waals surface area contributed by atoms with Gasteiger partial charge in [0.15, 0.2) is 11.3 Å². The average Bonchev–Trinajstić information content (AvgIpc) is 2.66. The predicted molar refractivity (Wildman–Crippen MR) is 73.2 cm³/mol. The molecule has 0 saturated carbocycles. The molecule has 1 aromatic carbocycles. The van der Waals surface area contributed by atoms with Crippen LogP contribution in [0.25, 0.3) is 11.0 Å². The molecule has 102 valence electrons. The number of hydrogen-bond acceptors (Lipinski definition) is 3. The molecule has 4 nitrogen and oxygen atoms in total. The molecule has 0 aliphatic rings. The maximum Gasteiger partial charge on any atom is 0.372 e. The number of furan rings is 1. The molecular weight excluding hydrogens is 244 g/mol. The molecule has 0 unspecified atom stereocenters. The van der Waals surface area contributed by atoms with Gasteiger partial charge in [0.2, 0.25) is 5.76 Å². The molecule has 0 bridgehead atoms. The van der Waals surface area contributed by atoms with Crippen molar-refractivity contribution in [2.24, 2.45) is 0 Å². The van der Waals surface area contributed by atoms with E-state index in [-0.39, 0.29) is 11.2 Å². The normalized spacial score (nSPS) is 11.8. The van der Waals surface area contributed by atoms with Gasteiger partial charge in [-0.3, -0.25) is 0 Å². The van der Waals surface area contributed by atoms with E-state index < -0.39 is 5.97 Å². The molecule has 1 heterocycles. The fraction of sp³-hybridized carbons (Fsp3) is 0.400. The van der Waals surface area contributed by atoms with Crippen LogP contribution >= 0.6 is 0 Å². The van der Waals surface area contributed by atoms with Crippen LogP contribution in [0.5, 0.6) is 5.75 Å². The number of carbonyl (C=O) groups is 1. The lowest BCUT2D eigenvalue weighted by molar-refractivity contribution is 0.0661. The van der Waals surface area contributed by atoms with Crippen molar-refractivity contribution in [2.75, 3.05) is 7.11 Å². The largest absolute Gasteiger partial charge is 0.493 e. The van der Waals surface area contributed by atoms with Gasteiger partial charge in [-0.15, -0.1) is 0 Å². The molecule has 0 aliphatic carbocycles. The van der Waals surface area contributed by atoms with Crippen LogP contribution in [0, 0.1) is 6.92 Å². The van der Waals surface area contributed by atoms with Crippen LogP contribution in [0.3, 0.4) is 0 Å². The molecule has 0 saturated heterocycles. The van der Waals surface area contributed by atoms with Gasteiger partial charge in [-0.05, 0) is 30.0 Å². The number of fused-ring (bicyclic) bond motifs is 1. The lowest BCUT2D eigenvalue weighted by Gasteiger charge is -2.18. The van der Waals surface area contributed by atoms with E-state index >= 15 is 0 Å². The lowest BCUT2D eigenvalue weighted by Crippen LogP contribution is -2.15. The van der Waals surface area contributed by atoms with Gasteiger partial charge < -0.3 is 14.3 Å². The number of methoxy groups -OCH3 is 1. The summed E-state index contributed by atoms with van der Waals surface area (Å²) in [4.78, 5) is 11.4. The SMILES string of the molecule is COc1cc(C)cc2c(C(C)(C)C)c(C(=O)O)oc12. The summed E-state index contributed by atoms with van der Waals surface area (Å²) in [5, 5.41) is 10.1. The highest BCUT2D eigenvalue weighted by Crippen LogP contribution is 2.39. The Kier molecular flexibility index (Phi) is 3.04. The molecule has 2 aromatic rings. The van der Waals surface area contributed by atoms with Gasteiger partial charge in [0, 0.05) is 10.9 Å². The van der Waals surface area contributed by atoms with Gasteiger partial charge in [-0.1, -0.05) is 20.8 Å². The zero-order chi connectivity index (χ0) is 14.4. The quantitative estimate of drug-likeness (QED) is 0.895. The van der Waals surface area contributed by atoms with Crippen LogP contribution in [0.1, 0.15) is 42.5 Å². The van der Waals surface area contributed by atoms with E-state index in [1.54, 1.807) is 7.11 Å². The van der Waals surface area contributed by atoms with Crippen molar-refractivity contribution in [3.8, 4) is 5.75 Å². The Bertz CT molecular complexity index is 644. The fourth-order valence-electron chi connectivity index (χ4n) is 2.35. The van der Waals surface area contributed by atoms with Gasteiger partial charge in [0.25, 0.3) is 0 Å².